The molecule has 2 aromatic carbocycles. The maximum absolute atomic E-state index is 5.81. The molecule has 0 amide bonds. The summed E-state index contributed by atoms with van der Waals surface area (Å²) in [5.41, 5.74) is 2.72. The summed E-state index contributed by atoms with van der Waals surface area (Å²) in [7, 11) is 0. The molecule has 0 aliphatic carbocycles. The Hall–Kier alpha value is -2.92. The molecule has 0 aliphatic heterocycles. The molecule has 0 fully saturated rings. The van der Waals surface area contributed by atoms with Crippen molar-refractivity contribution in [3.63, 3.8) is 0 Å². The van der Waals surface area contributed by atoms with Gasteiger partial charge in [0.25, 0.3) is 0 Å². The zero-order valence-corrected chi connectivity index (χ0v) is 13.0. The molecule has 0 aliphatic rings. The second-order valence-electron chi connectivity index (χ2n) is 4.94. The lowest BCUT2D eigenvalue weighted by Crippen LogP contribution is -1.85. The molecule has 0 bridgehead atoms. The molecule has 0 atom stereocenters. The Balaban J connectivity index is 1.61. The van der Waals surface area contributed by atoms with Crippen molar-refractivity contribution in [1.82, 2.24) is 15.4 Å². The van der Waals surface area contributed by atoms with E-state index in [-0.39, 0.29) is 0 Å². The highest BCUT2D eigenvalue weighted by atomic mass is 32.1. The predicted molar refractivity (Wildman–Crippen MR) is 91.6 cm³/mol. The second kappa shape index (κ2) is 6.06. The minimum Gasteiger partial charge on any atom is -0.457 e. The molecule has 1 N–H and O–H groups in total. The van der Waals surface area contributed by atoms with Crippen LogP contribution in [0.15, 0.2) is 72.1 Å². The van der Waals surface area contributed by atoms with Gasteiger partial charge in [0, 0.05) is 5.56 Å². The van der Waals surface area contributed by atoms with Gasteiger partial charge in [-0.25, -0.2) is 0 Å². The van der Waals surface area contributed by atoms with Crippen molar-refractivity contribution >= 4 is 11.3 Å². The van der Waals surface area contributed by atoms with Crippen LogP contribution in [-0.2, 0) is 0 Å². The SMILES string of the molecule is c1ccc(Oc2ccc(-c3n[nH]nc3-c3cccs3)cc2)cc1. The minimum absolute atomic E-state index is 0.793. The van der Waals surface area contributed by atoms with E-state index in [0.29, 0.717) is 0 Å². The number of hydrogen-bond acceptors (Lipinski definition) is 4. The average Bonchev–Trinajstić information content (AvgIpc) is 3.28. The van der Waals surface area contributed by atoms with Gasteiger partial charge in [0.1, 0.15) is 22.9 Å². The third-order valence-corrected chi connectivity index (χ3v) is 4.29. The van der Waals surface area contributed by atoms with E-state index >= 15 is 0 Å². The number of nitrogens with one attached hydrogen (secondary N) is 1. The standard InChI is InChI=1S/C18H13N3OS/c1-2-5-14(6-3-1)22-15-10-8-13(9-11-15)17-18(20-21-19-17)16-7-4-12-23-16/h1-12H,(H,19,20,21). The van der Waals surface area contributed by atoms with Crippen LogP contribution < -0.4 is 4.74 Å². The van der Waals surface area contributed by atoms with Crippen molar-refractivity contribution in [2.45, 2.75) is 0 Å². The molecule has 0 unspecified atom stereocenters. The lowest BCUT2D eigenvalue weighted by atomic mass is 10.1. The fourth-order valence-corrected chi connectivity index (χ4v) is 3.04. The van der Waals surface area contributed by atoms with Gasteiger partial charge in [0.15, 0.2) is 0 Å². The van der Waals surface area contributed by atoms with Gasteiger partial charge < -0.3 is 4.74 Å². The van der Waals surface area contributed by atoms with E-state index < -0.39 is 0 Å². The monoisotopic (exact) mass is 319 g/mol. The van der Waals surface area contributed by atoms with Crippen molar-refractivity contribution in [2.24, 2.45) is 0 Å². The van der Waals surface area contributed by atoms with E-state index in [9.17, 15) is 0 Å². The number of H-pyrrole nitrogens is 1. The molecule has 4 nitrogen and oxygen atoms in total. The molecule has 5 heteroatoms. The molecule has 2 heterocycles. The molecule has 0 spiro atoms. The van der Waals surface area contributed by atoms with E-state index in [1.807, 2.05) is 72.1 Å². The van der Waals surface area contributed by atoms with Gasteiger partial charge in [0.2, 0.25) is 0 Å². The van der Waals surface area contributed by atoms with E-state index in [0.717, 1.165) is 33.3 Å². The quantitative estimate of drug-likeness (QED) is 0.576. The van der Waals surface area contributed by atoms with E-state index in [4.69, 9.17) is 4.74 Å². The summed E-state index contributed by atoms with van der Waals surface area (Å²) in [6, 6.07) is 21.6. The predicted octanol–water partition coefficient (Wildman–Crippen LogP) is 4.99. The molecule has 0 saturated carbocycles. The molecule has 2 aromatic heterocycles. The second-order valence-corrected chi connectivity index (χ2v) is 5.89. The highest BCUT2D eigenvalue weighted by Crippen LogP contribution is 2.32. The van der Waals surface area contributed by atoms with Crippen molar-refractivity contribution in [3.05, 3.63) is 72.1 Å². The minimum atomic E-state index is 0.793. The van der Waals surface area contributed by atoms with Crippen LogP contribution in [0.2, 0.25) is 0 Å². The molecular weight excluding hydrogens is 306 g/mol. The number of thiophene rings is 1. The topological polar surface area (TPSA) is 50.8 Å². The third-order valence-electron chi connectivity index (χ3n) is 3.41. The first-order valence-electron chi connectivity index (χ1n) is 7.18. The maximum Gasteiger partial charge on any atom is 0.130 e. The summed E-state index contributed by atoms with van der Waals surface area (Å²) < 4.78 is 5.81. The van der Waals surface area contributed by atoms with Crippen LogP contribution in [0.5, 0.6) is 11.5 Å². The van der Waals surface area contributed by atoms with Crippen LogP contribution in [0.4, 0.5) is 0 Å². The molecule has 0 radical (unpaired) electrons. The molecule has 23 heavy (non-hydrogen) atoms. The number of hydrogen-bond donors (Lipinski definition) is 1. The van der Waals surface area contributed by atoms with E-state index in [1.165, 1.54) is 0 Å². The average molecular weight is 319 g/mol. The molecule has 112 valence electrons. The van der Waals surface area contributed by atoms with Crippen molar-refractivity contribution in [2.75, 3.05) is 0 Å². The molecular formula is C18H13N3OS. The van der Waals surface area contributed by atoms with Crippen molar-refractivity contribution in [1.29, 1.82) is 0 Å². The summed E-state index contributed by atoms with van der Waals surface area (Å²) in [5.74, 6) is 1.61. The van der Waals surface area contributed by atoms with Crippen LogP contribution in [0.3, 0.4) is 0 Å². The normalized spacial score (nSPS) is 10.6. The van der Waals surface area contributed by atoms with Gasteiger partial charge in [-0.05, 0) is 47.8 Å². The number of ether oxygens (including phenoxy) is 1. The van der Waals surface area contributed by atoms with Gasteiger partial charge in [-0.3, -0.25) is 0 Å². The van der Waals surface area contributed by atoms with E-state index in [1.54, 1.807) is 11.3 Å². The van der Waals surface area contributed by atoms with Crippen molar-refractivity contribution in [3.8, 4) is 33.3 Å². The number of nitrogens with zero attached hydrogens (tertiary/aromatic N) is 2. The smallest absolute Gasteiger partial charge is 0.130 e. The van der Waals surface area contributed by atoms with E-state index in [2.05, 4.69) is 15.4 Å². The number of rotatable bonds is 4. The van der Waals surface area contributed by atoms with Crippen molar-refractivity contribution < 1.29 is 4.74 Å². The van der Waals surface area contributed by atoms with Crippen LogP contribution in [0, 0.1) is 0 Å². The largest absolute Gasteiger partial charge is 0.457 e. The number of aromatic nitrogens is 3. The summed E-state index contributed by atoms with van der Waals surface area (Å²) in [6.07, 6.45) is 0. The van der Waals surface area contributed by atoms with Crippen LogP contribution in [0.1, 0.15) is 0 Å². The van der Waals surface area contributed by atoms with Crippen LogP contribution in [0.25, 0.3) is 21.8 Å². The highest BCUT2D eigenvalue weighted by molar-refractivity contribution is 7.13. The summed E-state index contributed by atoms with van der Waals surface area (Å²) in [6.45, 7) is 0. The Morgan fingerprint density at radius 1 is 0.739 bits per heavy atom. The fraction of sp³-hybridized carbons (Fsp3) is 0. The first-order valence-corrected chi connectivity index (χ1v) is 8.06. The molecule has 4 aromatic rings. The van der Waals surface area contributed by atoms with Gasteiger partial charge in [0.05, 0.1) is 4.88 Å². The molecule has 4 rings (SSSR count). The Morgan fingerprint density at radius 2 is 1.48 bits per heavy atom. The summed E-state index contributed by atoms with van der Waals surface area (Å²) >= 11 is 1.65. The highest BCUT2D eigenvalue weighted by Gasteiger charge is 2.13. The number of para-hydroxylation sites is 1. The first kappa shape index (κ1) is 13.7. The van der Waals surface area contributed by atoms with Crippen LogP contribution >= 0.6 is 11.3 Å². The first-order chi connectivity index (χ1) is 11.4. The molecule has 0 saturated heterocycles. The summed E-state index contributed by atoms with van der Waals surface area (Å²) in [4.78, 5) is 1.10. The Kier molecular flexibility index (Phi) is 3.62. The van der Waals surface area contributed by atoms with Gasteiger partial charge in [-0.1, -0.05) is 24.3 Å². The Bertz CT molecular complexity index is 884. The lowest BCUT2D eigenvalue weighted by Gasteiger charge is -2.06. The Morgan fingerprint density at radius 3 is 2.22 bits per heavy atom. The van der Waals surface area contributed by atoms with Crippen LogP contribution in [-0.4, -0.2) is 15.4 Å². The number of benzene rings is 2. The Labute approximate surface area is 137 Å². The van der Waals surface area contributed by atoms with Gasteiger partial charge in [-0.15, -0.1) is 11.3 Å². The zero-order valence-electron chi connectivity index (χ0n) is 12.1. The zero-order chi connectivity index (χ0) is 15.5. The maximum atomic E-state index is 5.81. The fourth-order valence-electron chi connectivity index (χ4n) is 2.32. The lowest BCUT2D eigenvalue weighted by molar-refractivity contribution is 0.483. The van der Waals surface area contributed by atoms with Gasteiger partial charge >= 0.3 is 0 Å². The van der Waals surface area contributed by atoms with Gasteiger partial charge in [-0.2, -0.15) is 15.4 Å². The number of aromatic amines is 1. The third kappa shape index (κ3) is 2.86. The summed E-state index contributed by atoms with van der Waals surface area (Å²) in [5, 5.41) is 13.3.